The lowest BCUT2D eigenvalue weighted by Gasteiger charge is -2.10. The van der Waals surface area contributed by atoms with E-state index in [-0.39, 0.29) is 10.6 Å². The Labute approximate surface area is 132 Å². The van der Waals surface area contributed by atoms with E-state index in [0.717, 1.165) is 3.97 Å². The van der Waals surface area contributed by atoms with Gasteiger partial charge in [-0.1, -0.05) is 18.2 Å². The van der Waals surface area contributed by atoms with Crippen LogP contribution in [0.4, 0.5) is 0 Å². The van der Waals surface area contributed by atoms with Gasteiger partial charge in [0.15, 0.2) is 5.78 Å². The largest absolute Gasteiger partial charge is 0.291 e. The average molecular weight is 325 g/mol. The van der Waals surface area contributed by atoms with Crippen molar-refractivity contribution in [2.75, 3.05) is 0 Å². The smallest absolute Gasteiger partial charge is 0.268 e. The van der Waals surface area contributed by atoms with E-state index in [9.17, 15) is 13.2 Å². The van der Waals surface area contributed by atoms with Crippen molar-refractivity contribution in [2.45, 2.75) is 11.3 Å². The maximum absolute atomic E-state index is 12.9. The van der Waals surface area contributed by atoms with E-state index in [1.807, 2.05) is 0 Å². The molecule has 0 aliphatic carbocycles. The van der Waals surface area contributed by atoms with Crippen LogP contribution in [0.5, 0.6) is 0 Å². The summed E-state index contributed by atoms with van der Waals surface area (Å²) >= 11 is 0. The molecular formula is C16H11N3O3S. The summed E-state index contributed by atoms with van der Waals surface area (Å²) in [6, 6.07) is 14.1. The summed E-state index contributed by atoms with van der Waals surface area (Å²) in [5, 5.41) is 8.74. The second-order valence-corrected chi connectivity index (χ2v) is 6.56. The number of hydrogen-bond acceptors (Lipinski definition) is 5. The highest BCUT2D eigenvalue weighted by Gasteiger charge is 2.26. The van der Waals surface area contributed by atoms with Gasteiger partial charge >= 0.3 is 0 Å². The minimum atomic E-state index is -3.97. The number of fused-ring (bicyclic) bond motifs is 1. The molecule has 0 saturated heterocycles. The van der Waals surface area contributed by atoms with E-state index < -0.39 is 22.2 Å². The standard InChI is InChI=1S/C16H11N3O3S/c17-9-8-16(20)15-11-13-14(7-4-10-18-13)19(15)23(21,22)12-5-2-1-3-6-12/h1-7,10-11H,8H2. The zero-order valence-electron chi connectivity index (χ0n) is 11.9. The Bertz CT molecular complexity index is 1030. The van der Waals surface area contributed by atoms with E-state index in [2.05, 4.69) is 4.98 Å². The number of pyridine rings is 1. The Kier molecular flexibility index (Phi) is 3.68. The summed E-state index contributed by atoms with van der Waals surface area (Å²) in [5.74, 6) is -0.565. The number of aromatic nitrogens is 2. The molecule has 3 rings (SSSR count). The fourth-order valence-electron chi connectivity index (χ4n) is 2.32. The highest BCUT2D eigenvalue weighted by Crippen LogP contribution is 2.25. The van der Waals surface area contributed by atoms with Gasteiger partial charge in [-0.25, -0.2) is 12.4 Å². The number of carbonyl (C=O) groups excluding carboxylic acids is 1. The fourth-order valence-corrected chi connectivity index (χ4v) is 3.86. The highest BCUT2D eigenvalue weighted by atomic mass is 32.2. The van der Waals surface area contributed by atoms with Crippen LogP contribution in [0.15, 0.2) is 59.6 Å². The molecule has 0 aliphatic heterocycles. The van der Waals surface area contributed by atoms with Crippen molar-refractivity contribution < 1.29 is 13.2 Å². The number of nitriles is 1. The van der Waals surface area contributed by atoms with Crippen molar-refractivity contribution in [3.63, 3.8) is 0 Å². The lowest BCUT2D eigenvalue weighted by molar-refractivity contribution is 0.0992. The fraction of sp³-hybridized carbons (Fsp3) is 0.0625. The summed E-state index contributed by atoms with van der Waals surface area (Å²) in [6.07, 6.45) is 1.11. The summed E-state index contributed by atoms with van der Waals surface area (Å²) in [7, 11) is -3.97. The summed E-state index contributed by atoms with van der Waals surface area (Å²) < 4.78 is 26.8. The third-order valence-electron chi connectivity index (χ3n) is 3.33. The van der Waals surface area contributed by atoms with E-state index in [4.69, 9.17) is 5.26 Å². The summed E-state index contributed by atoms with van der Waals surface area (Å²) in [5.41, 5.74) is 0.620. The van der Waals surface area contributed by atoms with Crippen molar-refractivity contribution in [2.24, 2.45) is 0 Å². The number of nitrogens with zero attached hydrogens (tertiary/aromatic N) is 3. The van der Waals surface area contributed by atoms with Gasteiger partial charge in [0, 0.05) is 6.20 Å². The van der Waals surface area contributed by atoms with Gasteiger partial charge in [-0.15, -0.1) is 0 Å². The van der Waals surface area contributed by atoms with Crippen LogP contribution < -0.4 is 0 Å². The summed E-state index contributed by atoms with van der Waals surface area (Å²) in [4.78, 5) is 16.3. The monoisotopic (exact) mass is 325 g/mol. The normalized spacial score (nSPS) is 11.3. The molecule has 0 aliphatic rings. The van der Waals surface area contributed by atoms with Crippen LogP contribution in [0.25, 0.3) is 11.0 Å². The van der Waals surface area contributed by atoms with Gasteiger partial charge in [0.05, 0.1) is 22.0 Å². The van der Waals surface area contributed by atoms with Crippen molar-refractivity contribution in [3.8, 4) is 6.07 Å². The van der Waals surface area contributed by atoms with E-state index >= 15 is 0 Å². The molecule has 1 aromatic carbocycles. The molecule has 0 spiro atoms. The van der Waals surface area contributed by atoms with Crippen LogP contribution in [-0.4, -0.2) is 23.2 Å². The van der Waals surface area contributed by atoms with Crippen LogP contribution in [0, 0.1) is 11.3 Å². The maximum atomic E-state index is 12.9. The molecule has 3 aromatic rings. The Morgan fingerprint density at radius 3 is 2.61 bits per heavy atom. The summed E-state index contributed by atoms with van der Waals surface area (Å²) in [6.45, 7) is 0. The average Bonchev–Trinajstić information content (AvgIpc) is 2.96. The predicted octanol–water partition coefficient (Wildman–Crippen LogP) is 2.37. The van der Waals surface area contributed by atoms with Crippen molar-refractivity contribution in [3.05, 3.63) is 60.4 Å². The molecule has 0 amide bonds. The topological polar surface area (TPSA) is 92.8 Å². The SMILES string of the molecule is N#CCC(=O)c1cc2ncccc2n1S(=O)(=O)c1ccccc1. The molecular weight excluding hydrogens is 314 g/mol. The number of carbonyl (C=O) groups is 1. The quantitative estimate of drug-likeness (QED) is 0.687. The number of ketones is 1. The Morgan fingerprint density at radius 1 is 1.17 bits per heavy atom. The van der Waals surface area contributed by atoms with Crippen LogP contribution in [0.3, 0.4) is 0 Å². The lowest BCUT2D eigenvalue weighted by atomic mass is 10.2. The number of hydrogen-bond donors (Lipinski definition) is 0. The first-order valence-electron chi connectivity index (χ1n) is 6.73. The molecule has 7 heteroatoms. The van der Waals surface area contributed by atoms with Crippen LogP contribution in [0.2, 0.25) is 0 Å². The van der Waals surface area contributed by atoms with Gasteiger partial charge in [0.2, 0.25) is 0 Å². The third-order valence-corrected chi connectivity index (χ3v) is 5.08. The molecule has 0 radical (unpaired) electrons. The van der Waals surface area contributed by atoms with Gasteiger partial charge in [0.25, 0.3) is 10.0 Å². The molecule has 0 unspecified atom stereocenters. The first kappa shape index (κ1) is 14.9. The minimum Gasteiger partial charge on any atom is -0.291 e. The van der Waals surface area contributed by atoms with Crippen LogP contribution >= 0.6 is 0 Å². The number of Topliss-reactive ketones (excluding diaryl/α,β-unsaturated/α-hetero) is 1. The van der Waals surface area contributed by atoms with E-state index in [1.54, 1.807) is 36.4 Å². The van der Waals surface area contributed by atoms with Gasteiger partial charge < -0.3 is 0 Å². The maximum Gasteiger partial charge on any atom is 0.268 e. The first-order valence-corrected chi connectivity index (χ1v) is 8.17. The highest BCUT2D eigenvalue weighted by molar-refractivity contribution is 7.90. The zero-order valence-corrected chi connectivity index (χ0v) is 12.7. The molecule has 2 heterocycles. The third kappa shape index (κ3) is 2.49. The molecule has 23 heavy (non-hydrogen) atoms. The number of benzene rings is 1. The van der Waals surface area contributed by atoms with Crippen molar-refractivity contribution in [1.29, 1.82) is 5.26 Å². The molecule has 6 nitrogen and oxygen atoms in total. The second kappa shape index (κ2) is 5.66. The molecule has 0 fully saturated rings. The van der Waals surface area contributed by atoms with Gasteiger partial charge in [0.1, 0.15) is 12.1 Å². The molecule has 2 aromatic heterocycles. The van der Waals surface area contributed by atoms with Crippen molar-refractivity contribution >= 4 is 26.8 Å². The van der Waals surface area contributed by atoms with Gasteiger partial charge in [-0.05, 0) is 30.3 Å². The minimum absolute atomic E-state index is 0.0624. The predicted molar refractivity (Wildman–Crippen MR) is 83.3 cm³/mol. The molecule has 0 bridgehead atoms. The van der Waals surface area contributed by atoms with Gasteiger partial charge in [-0.2, -0.15) is 5.26 Å². The molecule has 0 N–H and O–H groups in total. The van der Waals surface area contributed by atoms with Crippen molar-refractivity contribution in [1.82, 2.24) is 8.96 Å². The Balaban J connectivity index is 2.34. The zero-order chi connectivity index (χ0) is 16.4. The van der Waals surface area contributed by atoms with Gasteiger partial charge in [-0.3, -0.25) is 9.78 Å². The molecule has 0 atom stereocenters. The second-order valence-electron chi connectivity index (χ2n) is 4.78. The Hall–Kier alpha value is -2.98. The molecule has 0 saturated carbocycles. The van der Waals surface area contributed by atoms with Crippen LogP contribution in [-0.2, 0) is 10.0 Å². The van der Waals surface area contributed by atoms with E-state index in [1.165, 1.54) is 24.4 Å². The Morgan fingerprint density at radius 2 is 1.91 bits per heavy atom. The first-order chi connectivity index (χ1) is 11.1. The van der Waals surface area contributed by atoms with Crippen LogP contribution in [0.1, 0.15) is 16.9 Å². The number of rotatable bonds is 4. The lowest BCUT2D eigenvalue weighted by Crippen LogP contribution is -2.18. The molecule has 114 valence electrons. The van der Waals surface area contributed by atoms with E-state index in [0.29, 0.717) is 11.0 Å².